The summed E-state index contributed by atoms with van der Waals surface area (Å²) >= 11 is 0. The molecule has 25 heavy (non-hydrogen) atoms. The summed E-state index contributed by atoms with van der Waals surface area (Å²) in [6, 6.07) is 3.89. The molecular weight excluding hydrogens is 320 g/mol. The highest BCUT2D eigenvalue weighted by Gasteiger charge is 2.19. The number of carbonyl (C=O) groups excluding carboxylic acids is 1. The van der Waals surface area contributed by atoms with Crippen molar-refractivity contribution >= 4 is 6.29 Å². The summed E-state index contributed by atoms with van der Waals surface area (Å²) in [7, 11) is 0. The molecule has 6 nitrogen and oxygen atoms in total. The van der Waals surface area contributed by atoms with Gasteiger partial charge < -0.3 is 13.7 Å². The van der Waals surface area contributed by atoms with Crippen LogP contribution in [0.2, 0.25) is 0 Å². The number of hydrogen-bond acceptors (Lipinski definition) is 6. The van der Waals surface area contributed by atoms with E-state index in [4.69, 9.17) is 13.7 Å². The molecule has 3 rings (SSSR count). The highest BCUT2D eigenvalue weighted by atomic mass is 16.5. The van der Waals surface area contributed by atoms with E-state index in [2.05, 4.69) is 10.1 Å². The van der Waals surface area contributed by atoms with Gasteiger partial charge in [-0.1, -0.05) is 30.6 Å². The quantitative estimate of drug-likeness (QED) is 0.599. The van der Waals surface area contributed by atoms with Crippen LogP contribution >= 0.6 is 0 Å². The highest BCUT2D eigenvalue weighted by Crippen LogP contribution is 2.37. The zero-order valence-corrected chi connectivity index (χ0v) is 14.8. The van der Waals surface area contributed by atoms with Crippen LogP contribution in [-0.2, 0) is 6.42 Å². The molecule has 3 aromatic rings. The predicted octanol–water partition coefficient (Wildman–Crippen LogP) is 4.81. The first kappa shape index (κ1) is 17.0. The van der Waals surface area contributed by atoms with Gasteiger partial charge in [0.15, 0.2) is 17.8 Å². The Balaban J connectivity index is 2.03. The third-order valence-corrected chi connectivity index (χ3v) is 4.08. The maximum Gasteiger partial charge on any atom is 0.223 e. The highest BCUT2D eigenvalue weighted by molar-refractivity contribution is 5.75. The molecule has 0 saturated heterocycles. The molecule has 2 aromatic heterocycles. The van der Waals surface area contributed by atoms with Crippen molar-refractivity contribution in [2.24, 2.45) is 0 Å². The van der Waals surface area contributed by atoms with E-state index in [1.807, 2.05) is 32.9 Å². The van der Waals surface area contributed by atoms with Crippen LogP contribution in [0.25, 0.3) is 11.4 Å². The summed E-state index contributed by atoms with van der Waals surface area (Å²) < 4.78 is 16.5. The Morgan fingerprint density at radius 1 is 1.24 bits per heavy atom. The number of nitrogens with zero attached hydrogens (tertiary/aromatic N) is 2. The Kier molecular flexibility index (Phi) is 4.70. The van der Waals surface area contributed by atoms with Crippen LogP contribution in [0.15, 0.2) is 27.3 Å². The van der Waals surface area contributed by atoms with Crippen LogP contribution in [0, 0.1) is 20.8 Å². The molecular formula is C19H20N2O4. The van der Waals surface area contributed by atoms with Crippen LogP contribution < -0.4 is 4.74 Å². The first-order chi connectivity index (χ1) is 12.0. The van der Waals surface area contributed by atoms with Crippen molar-refractivity contribution in [2.75, 3.05) is 0 Å². The number of hydrogen-bond donors (Lipinski definition) is 0. The maximum atomic E-state index is 11.2. The molecule has 130 valence electrons. The van der Waals surface area contributed by atoms with Crippen LogP contribution in [0.3, 0.4) is 0 Å². The summed E-state index contributed by atoms with van der Waals surface area (Å²) in [5.74, 6) is 2.62. The van der Waals surface area contributed by atoms with Crippen molar-refractivity contribution in [1.29, 1.82) is 0 Å². The average molecular weight is 340 g/mol. The smallest absolute Gasteiger partial charge is 0.223 e. The second-order valence-electron chi connectivity index (χ2n) is 5.93. The van der Waals surface area contributed by atoms with Gasteiger partial charge in [-0.05, 0) is 25.8 Å². The molecule has 0 radical (unpaired) electrons. The molecule has 0 aliphatic rings. The molecule has 0 bridgehead atoms. The number of aryl methyl sites for hydroxylation is 2. The molecule has 1 aromatic carbocycles. The molecule has 0 spiro atoms. The maximum absolute atomic E-state index is 11.2. The molecule has 0 unspecified atom stereocenters. The van der Waals surface area contributed by atoms with Gasteiger partial charge in [0.25, 0.3) is 0 Å². The standard InChI is InChI=1S/C19H20N2O4/c1-5-6-15-16(9-22)23-10-17(15)24-18-11(2)7-8-14(12(18)3)19-20-13(4)25-21-19/h7-10H,5-6H2,1-4H3. The normalized spacial score (nSPS) is 10.9. The van der Waals surface area contributed by atoms with Crippen molar-refractivity contribution in [3.63, 3.8) is 0 Å². The second kappa shape index (κ2) is 6.93. The van der Waals surface area contributed by atoms with Gasteiger partial charge in [-0.3, -0.25) is 4.79 Å². The fourth-order valence-electron chi connectivity index (χ4n) is 2.81. The number of ether oxygens (including phenoxy) is 1. The second-order valence-corrected chi connectivity index (χ2v) is 5.93. The van der Waals surface area contributed by atoms with E-state index in [0.29, 0.717) is 35.4 Å². The van der Waals surface area contributed by atoms with E-state index >= 15 is 0 Å². The summed E-state index contributed by atoms with van der Waals surface area (Å²) in [5.41, 5.74) is 3.50. The first-order valence-electron chi connectivity index (χ1n) is 8.19. The number of carbonyl (C=O) groups is 1. The summed E-state index contributed by atoms with van der Waals surface area (Å²) in [4.78, 5) is 15.5. The lowest BCUT2D eigenvalue weighted by Gasteiger charge is -2.14. The number of rotatable bonds is 6. The first-order valence-corrected chi connectivity index (χ1v) is 8.19. The number of aromatic nitrogens is 2. The fraction of sp³-hybridized carbons (Fsp3) is 0.316. The minimum Gasteiger partial charge on any atom is -0.457 e. The molecule has 0 amide bonds. The summed E-state index contributed by atoms with van der Waals surface area (Å²) in [6.45, 7) is 7.71. The zero-order valence-electron chi connectivity index (χ0n) is 14.8. The van der Waals surface area contributed by atoms with Gasteiger partial charge in [0.2, 0.25) is 11.7 Å². The van der Waals surface area contributed by atoms with E-state index in [1.165, 1.54) is 6.26 Å². The van der Waals surface area contributed by atoms with Gasteiger partial charge in [-0.2, -0.15) is 4.98 Å². The topological polar surface area (TPSA) is 78.4 Å². The SMILES string of the molecule is CCCc1c(Oc2c(C)ccc(-c3noc(C)n3)c2C)coc1C=O. The third kappa shape index (κ3) is 3.20. The Morgan fingerprint density at radius 2 is 2.04 bits per heavy atom. The van der Waals surface area contributed by atoms with E-state index in [0.717, 1.165) is 35.0 Å². The minimum absolute atomic E-state index is 0.317. The molecule has 0 atom stereocenters. The Labute approximate surface area is 145 Å². The van der Waals surface area contributed by atoms with Crippen molar-refractivity contribution in [1.82, 2.24) is 10.1 Å². The van der Waals surface area contributed by atoms with Gasteiger partial charge >= 0.3 is 0 Å². The molecule has 0 fully saturated rings. The summed E-state index contributed by atoms with van der Waals surface area (Å²) in [6.07, 6.45) is 3.80. The van der Waals surface area contributed by atoms with Crippen molar-refractivity contribution in [3.8, 4) is 22.9 Å². The van der Waals surface area contributed by atoms with Gasteiger partial charge in [0, 0.05) is 23.6 Å². The number of benzene rings is 1. The van der Waals surface area contributed by atoms with Gasteiger partial charge in [0.05, 0.1) is 0 Å². The molecule has 2 heterocycles. The Morgan fingerprint density at radius 3 is 2.68 bits per heavy atom. The van der Waals surface area contributed by atoms with Crippen molar-refractivity contribution in [2.45, 2.75) is 40.5 Å². The molecule has 0 N–H and O–H groups in total. The summed E-state index contributed by atoms with van der Waals surface area (Å²) in [5, 5.41) is 3.98. The zero-order chi connectivity index (χ0) is 18.0. The lowest BCUT2D eigenvalue weighted by atomic mass is 10.0. The van der Waals surface area contributed by atoms with Crippen LogP contribution in [0.4, 0.5) is 0 Å². The van der Waals surface area contributed by atoms with Crippen LogP contribution in [-0.4, -0.2) is 16.4 Å². The molecule has 0 aliphatic carbocycles. The Bertz CT molecular complexity index is 908. The molecule has 0 saturated carbocycles. The predicted molar refractivity (Wildman–Crippen MR) is 92.1 cm³/mol. The van der Waals surface area contributed by atoms with E-state index < -0.39 is 0 Å². The lowest BCUT2D eigenvalue weighted by Crippen LogP contribution is -1.97. The number of aldehydes is 1. The van der Waals surface area contributed by atoms with Crippen LogP contribution in [0.5, 0.6) is 11.5 Å². The van der Waals surface area contributed by atoms with E-state index in [1.54, 1.807) is 6.92 Å². The van der Waals surface area contributed by atoms with E-state index in [-0.39, 0.29) is 0 Å². The van der Waals surface area contributed by atoms with Crippen molar-refractivity contribution in [3.05, 3.63) is 46.7 Å². The fourth-order valence-corrected chi connectivity index (χ4v) is 2.81. The van der Waals surface area contributed by atoms with E-state index in [9.17, 15) is 4.79 Å². The largest absolute Gasteiger partial charge is 0.457 e. The van der Waals surface area contributed by atoms with Gasteiger partial charge in [0.1, 0.15) is 12.0 Å². The lowest BCUT2D eigenvalue weighted by molar-refractivity contribution is 0.109. The molecule has 0 aliphatic heterocycles. The average Bonchev–Trinajstić information content (AvgIpc) is 3.18. The van der Waals surface area contributed by atoms with Crippen LogP contribution in [0.1, 0.15) is 46.5 Å². The Hall–Kier alpha value is -2.89. The third-order valence-electron chi connectivity index (χ3n) is 4.08. The van der Waals surface area contributed by atoms with Gasteiger partial charge in [-0.15, -0.1) is 0 Å². The van der Waals surface area contributed by atoms with Crippen molar-refractivity contribution < 1.29 is 18.5 Å². The minimum atomic E-state index is 0.317. The monoisotopic (exact) mass is 340 g/mol. The molecule has 6 heteroatoms. The number of furan rings is 1. The van der Waals surface area contributed by atoms with Gasteiger partial charge in [-0.25, -0.2) is 0 Å².